The predicted molar refractivity (Wildman–Crippen MR) is 121 cm³/mol. The molecule has 1 saturated carbocycles. The molecule has 7 nitrogen and oxygen atoms in total. The third-order valence-corrected chi connectivity index (χ3v) is 6.36. The number of nitrogens with zero attached hydrogens (tertiary/aromatic N) is 6. The second-order valence-corrected chi connectivity index (χ2v) is 8.44. The number of hydrogen-bond donors (Lipinski definition) is 1. The van der Waals surface area contributed by atoms with Gasteiger partial charge in [-0.15, -0.1) is 5.10 Å². The smallest absolute Gasteiger partial charge is 0.179 e. The van der Waals surface area contributed by atoms with Gasteiger partial charge in [0.15, 0.2) is 5.82 Å². The molecular formula is C24H23N7. The Morgan fingerprint density at radius 1 is 0.935 bits per heavy atom. The molecule has 0 unspecified atom stereocenters. The van der Waals surface area contributed by atoms with Crippen molar-refractivity contribution in [1.82, 2.24) is 35.2 Å². The van der Waals surface area contributed by atoms with Gasteiger partial charge in [0.05, 0.1) is 11.0 Å². The first-order valence-electron chi connectivity index (χ1n) is 10.9. The number of benzene rings is 2. The number of aryl methyl sites for hydroxylation is 1. The topological polar surface area (TPSA) is 85.2 Å². The number of rotatable bonds is 3. The van der Waals surface area contributed by atoms with Crippen LogP contribution in [0, 0.1) is 6.92 Å². The van der Waals surface area contributed by atoms with Crippen molar-refractivity contribution in [3.8, 4) is 22.8 Å². The van der Waals surface area contributed by atoms with Crippen LogP contribution in [0.1, 0.15) is 43.8 Å². The van der Waals surface area contributed by atoms with Crippen molar-refractivity contribution in [2.24, 2.45) is 0 Å². The van der Waals surface area contributed by atoms with Crippen molar-refractivity contribution in [2.75, 3.05) is 0 Å². The van der Waals surface area contributed by atoms with Crippen LogP contribution in [0.2, 0.25) is 0 Å². The summed E-state index contributed by atoms with van der Waals surface area (Å²) >= 11 is 0. The fraction of sp³-hybridized carbons (Fsp3) is 0.292. The van der Waals surface area contributed by atoms with E-state index in [1.807, 2.05) is 13.1 Å². The van der Waals surface area contributed by atoms with E-state index in [1.54, 1.807) is 0 Å². The van der Waals surface area contributed by atoms with Crippen molar-refractivity contribution < 1.29 is 0 Å². The van der Waals surface area contributed by atoms with Crippen LogP contribution in [-0.2, 0) is 0 Å². The van der Waals surface area contributed by atoms with E-state index in [0.717, 1.165) is 33.5 Å². The van der Waals surface area contributed by atoms with Crippen molar-refractivity contribution in [2.45, 2.75) is 45.1 Å². The van der Waals surface area contributed by atoms with Crippen LogP contribution in [-0.4, -0.2) is 35.2 Å². The van der Waals surface area contributed by atoms with Crippen molar-refractivity contribution in [3.05, 3.63) is 54.4 Å². The molecule has 0 aliphatic heterocycles. The molecular weight excluding hydrogens is 386 g/mol. The third-order valence-electron chi connectivity index (χ3n) is 6.36. The van der Waals surface area contributed by atoms with Gasteiger partial charge in [-0.1, -0.05) is 31.4 Å². The summed E-state index contributed by atoms with van der Waals surface area (Å²) in [6.45, 7) is 2.03. The molecule has 1 N–H and O–H groups in total. The first-order valence-corrected chi connectivity index (χ1v) is 10.9. The average molecular weight is 409 g/mol. The lowest BCUT2D eigenvalue weighted by Gasteiger charge is -2.25. The number of aromatic nitrogens is 7. The molecule has 0 atom stereocenters. The Labute approximate surface area is 179 Å². The van der Waals surface area contributed by atoms with E-state index in [9.17, 15) is 0 Å². The van der Waals surface area contributed by atoms with Gasteiger partial charge in [-0.05, 0) is 65.9 Å². The Kier molecular flexibility index (Phi) is 4.26. The number of imidazole rings is 1. The monoisotopic (exact) mass is 409 g/mol. The Hall–Kier alpha value is -3.61. The number of H-pyrrole nitrogens is 1. The minimum Gasteiger partial charge on any atom is -0.321 e. The van der Waals surface area contributed by atoms with Crippen molar-refractivity contribution >= 4 is 21.8 Å². The van der Waals surface area contributed by atoms with Gasteiger partial charge in [-0.3, -0.25) is 4.98 Å². The quantitative estimate of drug-likeness (QED) is 0.440. The zero-order chi connectivity index (χ0) is 20.8. The Morgan fingerprint density at radius 3 is 2.65 bits per heavy atom. The van der Waals surface area contributed by atoms with E-state index in [-0.39, 0.29) is 0 Å². The van der Waals surface area contributed by atoms with E-state index in [0.29, 0.717) is 11.9 Å². The van der Waals surface area contributed by atoms with Gasteiger partial charge in [0.2, 0.25) is 0 Å². The maximum atomic E-state index is 5.12. The first-order chi connectivity index (χ1) is 15.3. The number of nitrogens with one attached hydrogen (secondary N) is 1. The second kappa shape index (κ2) is 7.27. The summed E-state index contributed by atoms with van der Waals surface area (Å²) in [4.78, 5) is 9.55. The van der Waals surface area contributed by atoms with Gasteiger partial charge in [-0.2, -0.15) is 0 Å². The Bertz CT molecular complexity index is 1380. The SMILES string of the molecule is Cc1cc2cc(-c3nc4cc(-c5nnn[nH]5)ccc4n3C3CCCCC3)ccc2cn1. The van der Waals surface area contributed by atoms with Crippen LogP contribution < -0.4 is 0 Å². The summed E-state index contributed by atoms with van der Waals surface area (Å²) in [5.41, 5.74) is 5.25. The lowest BCUT2D eigenvalue weighted by molar-refractivity contribution is 0.362. The highest BCUT2D eigenvalue weighted by Crippen LogP contribution is 2.37. The summed E-state index contributed by atoms with van der Waals surface area (Å²) in [6, 6.07) is 15.5. The molecule has 2 aromatic carbocycles. The Morgan fingerprint density at radius 2 is 1.81 bits per heavy atom. The molecule has 3 heterocycles. The molecule has 1 aliphatic rings. The predicted octanol–water partition coefficient (Wildman–Crippen LogP) is 5.25. The largest absolute Gasteiger partial charge is 0.321 e. The minimum atomic E-state index is 0.474. The molecule has 0 bridgehead atoms. The molecule has 0 amide bonds. The molecule has 0 saturated heterocycles. The highest BCUT2D eigenvalue weighted by Gasteiger charge is 2.23. The maximum absolute atomic E-state index is 5.12. The minimum absolute atomic E-state index is 0.474. The molecule has 1 aliphatic carbocycles. The second-order valence-electron chi connectivity index (χ2n) is 8.44. The number of aromatic amines is 1. The summed E-state index contributed by atoms with van der Waals surface area (Å²) in [6.07, 6.45) is 8.20. The van der Waals surface area contributed by atoms with E-state index in [4.69, 9.17) is 4.98 Å². The number of pyridine rings is 1. The lowest BCUT2D eigenvalue weighted by atomic mass is 9.94. The highest BCUT2D eigenvalue weighted by molar-refractivity contribution is 5.89. The van der Waals surface area contributed by atoms with E-state index >= 15 is 0 Å². The van der Waals surface area contributed by atoms with Crippen LogP contribution in [0.4, 0.5) is 0 Å². The molecule has 0 spiro atoms. The van der Waals surface area contributed by atoms with Crippen LogP contribution in [0.25, 0.3) is 44.6 Å². The maximum Gasteiger partial charge on any atom is 0.179 e. The van der Waals surface area contributed by atoms with Crippen LogP contribution in [0.5, 0.6) is 0 Å². The van der Waals surface area contributed by atoms with Gasteiger partial charge in [0.1, 0.15) is 5.82 Å². The van der Waals surface area contributed by atoms with Crippen molar-refractivity contribution in [3.63, 3.8) is 0 Å². The molecule has 0 radical (unpaired) electrons. The highest BCUT2D eigenvalue weighted by atomic mass is 15.5. The lowest BCUT2D eigenvalue weighted by Crippen LogP contribution is -2.14. The number of fused-ring (bicyclic) bond motifs is 2. The number of hydrogen-bond acceptors (Lipinski definition) is 5. The van der Waals surface area contributed by atoms with Gasteiger partial charge in [-0.25, -0.2) is 10.1 Å². The van der Waals surface area contributed by atoms with Crippen LogP contribution in [0.3, 0.4) is 0 Å². The first kappa shape index (κ1) is 18.2. The van der Waals surface area contributed by atoms with E-state index in [2.05, 4.69) is 72.6 Å². The van der Waals surface area contributed by atoms with Gasteiger partial charge in [0, 0.05) is 34.4 Å². The molecule has 6 rings (SSSR count). The molecule has 3 aromatic heterocycles. The summed E-state index contributed by atoms with van der Waals surface area (Å²) in [5, 5.41) is 16.7. The summed E-state index contributed by atoms with van der Waals surface area (Å²) in [7, 11) is 0. The fourth-order valence-corrected chi connectivity index (χ4v) is 4.83. The number of tetrazole rings is 1. The zero-order valence-corrected chi connectivity index (χ0v) is 17.4. The summed E-state index contributed by atoms with van der Waals surface area (Å²) in [5.74, 6) is 1.69. The van der Waals surface area contributed by atoms with Gasteiger partial charge < -0.3 is 4.57 Å². The van der Waals surface area contributed by atoms with Crippen LogP contribution in [0.15, 0.2) is 48.7 Å². The molecule has 154 valence electrons. The third kappa shape index (κ3) is 3.17. The van der Waals surface area contributed by atoms with Crippen LogP contribution >= 0.6 is 0 Å². The van der Waals surface area contributed by atoms with E-state index in [1.165, 1.54) is 43.0 Å². The fourth-order valence-electron chi connectivity index (χ4n) is 4.83. The van der Waals surface area contributed by atoms with E-state index < -0.39 is 0 Å². The van der Waals surface area contributed by atoms with Crippen molar-refractivity contribution in [1.29, 1.82) is 0 Å². The molecule has 5 aromatic rings. The normalized spacial score (nSPS) is 15.1. The summed E-state index contributed by atoms with van der Waals surface area (Å²) < 4.78 is 2.46. The molecule has 31 heavy (non-hydrogen) atoms. The zero-order valence-electron chi connectivity index (χ0n) is 17.4. The van der Waals surface area contributed by atoms with Gasteiger partial charge in [0.25, 0.3) is 0 Å². The average Bonchev–Trinajstić information content (AvgIpc) is 3.47. The Balaban J connectivity index is 1.56. The standard InChI is InChI=1S/C24H23N7/c1-15-11-19-12-17(7-8-18(19)14-25-15)24-26-21-13-16(23-27-29-30-28-23)9-10-22(21)31(24)20-5-3-2-4-6-20/h7-14,20H,2-6H2,1H3,(H,27,28,29,30). The molecule has 1 fully saturated rings. The van der Waals surface area contributed by atoms with Gasteiger partial charge >= 0.3 is 0 Å². The molecule has 7 heteroatoms.